The number of methoxy groups -OCH3 is 2. The number of imidazole rings is 1. The molecule has 0 bridgehead atoms. The van der Waals surface area contributed by atoms with E-state index < -0.39 is 5.69 Å². The van der Waals surface area contributed by atoms with E-state index in [0.29, 0.717) is 66.9 Å². The van der Waals surface area contributed by atoms with E-state index in [-0.39, 0.29) is 11.5 Å². The number of carbonyl (C=O) groups excluding carboxylic acids is 1. The Labute approximate surface area is 225 Å². The van der Waals surface area contributed by atoms with E-state index >= 15 is 0 Å². The zero-order valence-corrected chi connectivity index (χ0v) is 22.8. The van der Waals surface area contributed by atoms with Crippen LogP contribution in [0.4, 0.5) is 5.95 Å². The van der Waals surface area contributed by atoms with Crippen LogP contribution in [0.25, 0.3) is 11.2 Å². The van der Waals surface area contributed by atoms with Gasteiger partial charge in [-0.3, -0.25) is 23.3 Å². The van der Waals surface area contributed by atoms with Crippen LogP contribution in [-0.2, 0) is 20.6 Å². The highest BCUT2D eigenvalue weighted by atomic mass is 16.5. The molecule has 0 radical (unpaired) electrons. The molecule has 11 heteroatoms. The molecule has 0 spiro atoms. The second-order valence-corrected chi connectivity index (χ2v) is 9.74. The van der Waals surface area contributed by atoms with E-state index in [2.05, 4.69) is 4.90 Å². The fourth-order valence-corrected chi connectivity index (χ4v) is 4.93. The zero-order chi connectivity index (χ0) is 27.8. The predicted octanol–water partition coefficient (Wildman–Crippen LogP) is 1.77. The summed E-state index contributed by atoms with van der Waals surface area (Å²) in [5.74, 6) is 1.58. The highest BCUT2D eigenvalue weighted by Gasteiger charge is 2.28. The fourth-order valence-electron chi connectivity index (χ4n) is 4.93. The van der Waals surface area contributed by atoms with Gasteiger partial charge in [-0.05, 0) is 24.6 Å². The number of piperazine rings is 1. The van der Waals surface area contributed by atoms with Gasteiger partial charge in [-0.2, -0.15) is 4.98 Å². The maximum Gasteiger partial charge on any atom is 0.332 e. The molecule has 0 aliphatic carbocycles. The lowest BCUT2D eigenvalue weighted by Crippen LogP contribution is -2.49. The van der Waals surface area contributed by atoms with E-state index in [1.807, 2.05) is 35.8 Å². The molecule has 3 heterocycles. The number of nitrogens with zero attached hydrogens (tertiary/aromatic N) is 6. The topological polar surface area (TPSA) is 104 Å². The molecule has 204 valence electrons. The minimum absolute atomic E-state index is 0.115. The quantitative estimate of drug-likeness (QED) is 0.373. The molecule has 1 aliphatic rings. The molecule has 0 N–H and O–H groups in total. The minimum Gasteiger partial charge on any atom is -0.497 e. The molecular formula is C28H32N6O5. The van der Waals surface area contributed by atoms with Gasteiger partial charge in [0.05, 0.1) is 20.8 Å². The van der Waals surface area contributed by atoms with Crippen molar-refractivity contribution in [1.29, 1.82) is 0 Å². The number of carbonyl (C=O) groups is 1. The Morgan fingerprint density at radius 2 is 1.51 bits per heavy atom. The van der Waals surface area contributed by atoms with E-state index in [9.17, 15) is 14.4 Å². The molecule has 1 aliphatic heterocycles. The maximum absolute atomic E-state index is 13.3. The zero-order valence-electron chi connectivity index (χ0n) is 22.8. The van der Waals surface area contributed by atoms with Gasteiger partial charge in [0.25, 0.3) is 11.5 Å². The summed E-state index contributed by atoms with van der Waals surface area (Å²) < 4.78 is 15.0. The Morgan fingerprint density at radius 3 is 2.10 bits per heavy atom. The number of hydrogen-bond donors (Lipinski definition) is 0. The molecule has 5 rings (SSSR count). The third kappa shape index (κ3) is 4.75. The Balaban J connectivity index is 1.48. The monoisotopic (exact) mass is 532 g/mol. The predicted molar refractivity (Wildman–Crippen MR) is 148 cm³/mol. The Morgan fingerprint density at radius 1 is 0.897 bits per heavy atom. The summed E-state index contributed by atoms with van der Waals surface area (Å²) in [6, 6.07) is 13.2. The van der Waals surface area contributed by atoms with Gasteiger partial charge in [-0.15, -0.1) is 0 Å². The summed E-state index contributed by atoms with van der Waals surface area (Å²) in [4.78, 5) is 47.9. The number of ether oxygens (including phenoxy) is 2. The minimum atomic E-state index is -0.428. The Kier molecular flexibility index (Phi) is 6.90. The molecule has 0 unspecified atom stereocenters. The SMILES string of the molecule is COc1cc(OC)cc(C(=O)N2CCN(c3nc4c(c(=O)n(C)c(=O)n4C)n3Cc3ccc(C)cc3)CC2)c1. The number of anilines is 1. The van der Waals surface area contributed by atoms with Crippen LogP contribution in [0.15, 0.2) is 52.1 Å². The summed E-state index contributed by atoms with van der Waals surface area (Å²) in [7, 11) is 6.20. The lowest BCUT2D eigenvalue weighted by molar-refractivity contribution is 0.0745. The van der Waals surface area contributed by atoms with Crippen molar-refractivity contribution >= 4 is 23.0 Å². The number of aromatic nitrogens is 4. The van der Waals surface area contributed by atoms with Crippen LogP contribution in [0.1, 0.15) is 21.5 Å². The van der Waals surface area contributed by atoms with Crippen LogP contribution in [0.2, 0.25) is 0 Å². The number of rotatable bonds is 6. The van der Waals surface area contributed by atoms with Gasteiger partial charge >= 0.3 is 5.69 Å². The number of aryl methyl sites for hydroxylation is 2. The first kappa shape index (κ1) is 26.1. The normalized spacial score (nSPS) is 13.7. The lowest BCUT2D eigenvalue weighted by atomic mass is 10.1. The molecule has 1 fully saturated rings. The van der Waals surface area contributed by atoms with Gasteiger partial charge in [0, 0.05) is 51.9 Å². The van der Waals surface area contributed by atoms with Gasteiger partial charge < -0.3 is 19.3 Å². The van der Waals surface area contributed by atoms with Crippen molar-refractivity contribution < 1.29 is 14.3 Å². The van der Waals surface area contributed by atoms with Crippen LogP contribution < -0.4 is 25.6 Å². The van der Waals surface area contributed by atoms with Crippen molar-refractivity contribution in [3.8, 4) is 11.5 Å². The molecule has 0 atom stereocenters. The van der Waals surface area contributed by atoms with Gasteiger partial charge in [0.2, 0.25) is 5.95 Å². The second-order valence-electron chi connectivity index (χ2n) is 9.74. The molecule has 39 heavy (non-hydrogen) atoms. The maximum atomic E-state index is 13.3. The number of amides is 1. The first-order chi connectivity index (χ1) is 18.7. The highest BCUT2D eigenvalue weighted by molar-refractivity contribution is 5.95. The molecule has 1 amide bonds. The Bertz CT molecular complexity index is 1640. The van der Waals surface area contributed by atoms with Crippen molar-refractivity contribution in [2.24, 2.45) is 14.1 Å². The van der Waals surface area contributed by atoms with Crippen LogP contribution in [0.3, 0.4) is 0 Å². The third-order valence-corrected chi connectivity index (χ3v) is 7.24. The smallest absolute Gasteiger partial charge is 0.332 e. The van der Waals surface area contributed by atoms with E-state index in [4.69, 9.17) is 14.5 Å². The summed E-state index contributed by atoms with van der Waals surface area (Å²) in [6.07, 6.45) is 0. The summed E-state index contributed by atoms with van der Waals surface area (Å²) in [5.41, 5.74) is 2.54. The van der Waals surface area contributed by atoms with Gasteiger partial charge in [0.15, 0.2) is 11.2 Å². The van der Waals surface area contributed by atoms with E-state index in [0.717, 1.165) is 15.7 Å². The fraction of sp³-hybridized carbons (Fsp3) is 0.357. The summed E-state index contributed by atoms with van der Waals surface area (Å²) in [5, 5.41) is 0. The van der Waals surface area contributed by atoms with Crippen molar-refractivity contribution in [2.75, 3.05) is 45.3 Å². The van der Waals surface area contributed by atoms with Crippen molar-refractivity contribution in [3.63, 3.8) is 0 Å². The van der Waals surface area contributed by atoms with E-state index in [1.54, 1.807) is 44.4 Å². The molecule has 0 saturated carbocycles. The molecule has 1 saturated heterocycles. The van der Waals surface area contributed by atoms with Crippen molar-refractivity contribution in [2.45, 2.75) is 13.5 Å². The highest BCUT2D eigenvalue weighted by Crippen LogP contribution is 2.26. The number of hydrogen-bond acceptors (Lipinski definition) is 7. The number of benzene rings is 2. The van der Waals surface area contributed by atoms with Crippen LogP contribution in [0.5, 0.6) is 11.5 Å². The third-order valence-electron chi connectivity index (χ3n) is 7.24. The van der Waals surface area contributed by atoms with Gasteiger partial charge in [0.1, 0.15) is 11.5 Å². The van der Waals surface area contributed by atoms with Gasteiger partial charge in [-0.25, -0.2) is 4.79 Å². The molecule has 2 aromatic carbocycles. The average Bonchev–Trinajstić information content (AvgIpc) is 3.34. The molecule has 4 aromatic rings. The van der Waals surface area contributed by atoms with Crippen molar-refractivity contribution in [3.05, 3.63) is 80.0 Å². The van der Waals surface area contributed by atoms with Crippen LogP contribution in [-0.4, -0.2) is 69.9 Å². The first-order valence-electron chi connectivity index (χ1n) is 12.7. The van der Waals surface area contributed by atoms with Gasteiger partial charge in [-0.1, -0.05) is 29.8 Å². The molecule has 2 aromatic heterocycles. The second kappa shape index (κ2) is 10.3. The largest absolute Gasteiger partial charge is 0.497 e. The molecule has 11 nitrogen and oxygen atoms in total. The standard InChI is InChI=1S/C28H32N6O5/c1-18-6-8-19(9-7-18)17-34-23-24(30(2)28(37)31(3)26(23)36)29-27(34)33-12-10-32(11-13-33)25(35)20-14-21(38-4)16-22(15-20)39-5/h6-9,14-16H,10-13,17H2,1-5H3. The first-order valence-corrected chi connectivity index (χ1v) is 12.7. The summed E-state index contributed by atoms with van der Waals surface area (Å²) >= 11 is 0. The Hall–Kier alpha value is -4.54. The van der Waals surface area contributed by atoms with E-state index in [1.165, 1.54) is 11.6 Å². The number of fused-ring (bicyclic) bond motifs is 1. The van der Waals surface area contributed by atoms with Crippen LogP contribution >= 0.6 is 0 Å². The average molecular weight is 533 g/mol. The molecular weight excluding hydrogens is 500 g/mol. The van der Waals surface area contributed by atoms with Crippen molar-refractivity contribution in [1.82, 2.24) is 23.6 Å². The lowest BCUT2D eigenvalue weighted by Gasteiger charge is -2.35. The van der Waals surface area contributed by atoms with Crippen LogP contribution in [0, 0.1) is 6.92 Å². The summed E-state index contributed by atoms with van der Waals surface area (Å²) in [6.45, 7) is 4.39.